The number of benzene rings is 2. The smallest absolute Gasteiger partial charge is 0.325 e. The number of hydrogen-bond acceptors (Lipinski definition) is 5. The molecule has 2 heterocycles. The highest BCUT2D eigenvalue weighted by atomic mass is 16.5. The molecule has 1 saturated heterocycles. The molecule has 0 aromatic heterocycles. The summed E-state index contributed by atoms with van der Waals surface area (Å²) in [5, 5.41) is 5.52. The van der Waals surface area contributed by atoms with E-state index in [2.05, 4.69) is 10.6 Å². The van der Waals surface area contributed by atoms with Crippen molar-refractivity contribution in [2.24, 2.45) is 0 Å². The molecular formula is C25H29N3O5. The Morgan fingerprint density at radius 3 is 2.70 bits per heavy atom. The Labute approximate surface area is 193 Å². The van der Waals surface area contributed by atoms with Gasteiger partial charge in [0, 0.05) is 24.1 Å². The lowest BCUT2D eigenvalue weighted by molar-refractivity contribution is -0.134. The number of fused-ring (bicyclic) bond motifs is 1. The molecule has 4 amide bonds. The van der Waals surface area contributed by atoms with Crippen LogP contribution in [0.2, 0.25) is 0 Å². The lowest BCUT2D eigenvalue weighted by atomic mass is 9.91. The van der Waals surface area contributed by atoms with E-state index >= 15 is 0 Å². The van der Waals surface area contributed by atoms with E-state index < -0.39 is 23.4 Å². The summed E-state index contributed by atoms with van der Waals surface area (Å²) in [4.78, 5) is 39.2. The lowest BCUT2D eigenvalue weighted by Gasteiger charge is -2.22. The van der Waals surface area contributed by atoms with Crippen molar-refractivity contribution in [3.05, 3.63) is 58.7 Å². The molecule has 2 atom stereocenters. The molecule has 2 aliphatic rings. The summed E-state index contributed by atoms with van der Waals surface area (Å²) in [7, 11) is 0. The summed E-state index contributed by atoms with van der Waals surface area (Å²) >= 11 is 0. The molecule has 0 aliphatic carbocycles. The standard InChI is InChI=1S/C25H29N3O5/c1-5-32-20-11-17-10-16(3)33-21(17)12-18(20)13-26-22(29)14-28-23(30)25(4,27-24(28)31)19-8-6-15(2)7-9-19/h6-9,11-12,16H,5,10,13-14H2,1-4H3,(H,26,29)(H,27,31)/t16-,25-/m1/s1. The van der Waals surface area contributed by atoms with Crippen LogP contribution >= 0.6 is 0 Å². The predicted molar refractivity (Wildman–Crippen MR) is 122 cm³/mol. The molecule has 2 aliphatic heterocycles. The van der Waals surface area contributed by atoms with Gasteiger partial charge in [0.15, 0.2) is 0 Å². The van der Waals surface area contributed by atoms with Gasteiger partial charge in [0.05, 0.1) is 6.61 Å². The zero-order chi connectivity index (χ0) is 23.8. The third kappa shape index (κ3) is 4.37. The maximum atomic E-state index is 13.1. The van der Waals surface area contributed by atoms with E-state index in [-0.39, 0.29) is 19.2 Å². The third-order valence-electron chi connectivity index (χ3n) is 6.06. The largest absolute Gasteiger partial charge is 0.494 e. The van der Waals surface area contributed by atoms with Crippen molar-refractivity contribution < 1.29 is 23.9 Å². The van der Waals surface area contributed by atoms with Crippen LogP contribution in [0.3, 0.4) is 0 Å². The maximum absolute atomic E-state index is 13.1. The molecular weight excluding hydrogens is 422 g/mol. The summed E-state index contributed by atoms with van der Waals surface area (Å²) < 4.78 is 11.6. The minimum Gasteiger partial charge on any atom is -0.494 e. The molecule has 0 bridgehead atoms. The normalized spacial score (nSPS) is 21.5. The Morgan fingerprint density at radius 2 is 2.00 bits per heavy atom. The lowest BCUT2D eigenvalue weighted by Crippen LogP contribution is -2.43. The first-order valence-corrected chi connectivity index (χ1v) is 11.1. The van der Waals surface area contributed by atoms with Crippen LogP contribution < -0.4 is 20.1 Å². The Balaban J connectivity index is 1.43. The van der Waals surface area contributed by atoms with Crippen molar-refractivity contribution >= 4 is 17.8 Å². The highest BCUT2D eigenvalue weighted by Crippen LogP contribution is 2.35. The molecule has 2 aromatic rings. The summed E-state index contributed by atoms with van der Waals surface area (Å²) in [6.07, 6.45) is 0.912. The summed E-state index contributed by atoms with van der Waals surface area (Å²) in [5.41, 5.74) is 2.37. The Kier molecular flexibility index (Phi) is 6.01. The number of imide groups is 1. The quantitative estimate of drug-likeness (QED) is 0.631. The van der Waals surface area contributed by atoms with Gasteiger partial charge in [-0.25, -0.2) is 4.79 Å². The Bertz CT molecular complexity index is 1100. The molecule has 0 saturated carbocycles. The molecule has 1 fully saturated rings. The highest BCUT2D eigenvalue weighted by Gasteiger charge is 2.49. The number of urea groups is 1. The van der Waals surface area contributed by atoms with E-state index in [4.69, 9.17) is 9.47 Å². The number of nitrogens with one attached hydrogen (secondary N) is 2. The minimum atomic E-state index is -1.21. The predicted octanol–water partition coefficient (Wildman–Crippen LogP) is 2.80. The molecule has 174 valence electrons. The van der Waals surface area contributed by atoms with Crippen LogP contribution in [0.5, 0.6) is 11.5 Å². The average molecular weight is 452 g/mol. The fourth-order valence-electron chi connectivity index (χ4n) is 4.23. The van der Waals surface area contributed by atoms with E-state index in [9.17, 15) is 14.4 Å². The zero-order valence-corrected chi connectivity index (χ0v) is 19.4. The van der Waals surface area contributed by atoms with Crippen LogP contribution in [0, 0.1) is 6.92 Å². The first-order chi connectivity index (χ1) is 15.7. The van der Waals surface area contributed by atoms with Crippen LogP contribution in [0.4, 0.5) is 4.79 Å². The Morgan fingerprint density at radius 1 is 1.27 bits per heavy atom. The fraction of sp³-hybridized carbons (Fsp3) is 0.400. The minimum absolute atomic E-state index is 0.0989. The van der Waals surface area contributed by atoms with Crippen LogP contribution in [0.15, 0.2) is 36.4 Å². The monoisotopic (exact) mass is 451 g/mol. The zero-order valence-electron chi connectivity index (χ0n) is 19.4. The number of aryl methyl sites for hydroxylation is 1. The molecule has 2 N–H and O–H groups in total. The highest BCUT2D eigenvalue weighted by molar-refractivity contribution is 6.09. The number of nitrogens with zero attached hydrogens (tertiary/aromatic N) is 1. The van der Waals surface area contributed by atoms with E-state index in [1.54, 1.807) is 6.92 Å². The van der Waals surface area contributed by atoms with E-state index in [1.807, 2.05) is 57.2 Å². The second kappa shape index (κ2) is 8.77. The van der Waals surface area contributed by atoms with Gasteiger partial charge in [-0.1, -0.05) is 29.8 Å². The van der Waals surface area contributed by atoms with Crippen molar-refractivity contribution in [3.63, 3.8) is 0 Å². The van der Waals surface area contributed by atoms with Gasteiger partial charge in [-0.05, 0) is 45.4 Å². The number of amides is 4. The number of hydrogen-bond donors (Lipinski definition) is 2. The van der Waals surface area contributed by atoms with E-state index in [0.717, 1.165) is 33.8 Å². The van der Waals surface area contributed by atoms with Gasteiger partial charge in [0.2, 0.25) is 5.91 Å². The van der Waals surface area contributed by atoms with Crippen LogP contribution in [-0.4, -0.2) is 42.0 Å². The van der Waals surface area contributed by atoms with Crippen molar-refractivity contribution in [1.82, 2.24) is 15.5 Å². The fourth-order valence-corrected chi connectivity index (χ4v) is 4.23. The van der Waals surface area contributed by atoms with Crippen molar-refractivity contribution in [2.45, 2.75) is 52.3 Å². The van der Waals surface area contributed by atoms with Gasteiger partial charge >= 0.3 is 6.03 Å². The molecule has 4 rings (SSSR count). The van der Waals surface area contributed by atoms with Crippen molar-refractivity contribution in [3.8, 4) is 11.5 Å². The van der Waals surface area contributed by atoms with Crippen LogP contribution in [0.1, 0.15) is 43.0 Å². The second-order valence-electron chi connectivity index (χ2n) is 8.72. The molecule has 0 radical (unpaired) electrons. The summed E-state index contributed by atoms with van der Waals surface area (Å²) in [5.74, 6) is 0.583. The van der Waals surface area contributed by atoms with Gasteiger partial charge in [0.1, 0.15) is 29.7 Å². The number of rotatable bonds is 7. The first-order valence-electron chi connectivity index (χ1n) is 11.1. The third-order valence-corrected chi connectivity index (χ3v) is 6.06. The van der Waals surface area contributed by atoms with Gasteiger partial charge in [-0.2, -0.15) is 0 Å². The van der Waals surface area contributed by atoms with E-state index in [0.29, 0.717) is 17.9 Å². The molecule has 2 aromatic carbocycles. The SMILES string of the molecule is CCOc1cc2c(cc1CNC(=O)CN1C(=O)N[C@](C)(c3ccc(C)cc3)C1=O)O[C@H](C)C2. The van der Waals surface area contributed by atoms with Gasteiger partial charge in [0.25, 0.3) is 5.91 Å². The van der Waals surface area contributed by atoms with Crippen molar-refractivity contribution in [2.75, 3.05) is 13.2 Å². The van der Waals surface area contributed by atoms with E-state index in [1.165, 1.54) is 0 Å². The molecule has 8 nitrogen and oxygen atoms in total. The summed E-state index contributed by atoms with van der Waals surface area (Å²) in [6, 6.07) is 10.6. The Hall–Kier alpha value is -3.55. The van der Waals surface area contributed by atoms with Gasteiger partial charge in [-0.3, -0.25) is 14.5 Å². The molecule has 0 unspecified atom stereocenters. The number of carbonyl (C=O) groups excluding carboxylic acids is 3. The topological polar surface area (TPSA) is 97.0 Å². The van der Waals surface area contributed by atoms with Gasteiger partial charge in [-0.15, -0.1) is 0 Å². The van der Waals surface area contributed by atoms with Crippen LogP contribution in [-0.2, 0) is 28.1 Å². The maximum Gasteiger partial charge on any atom is 0.325 e. The van der Waals surface area contributed by atoms with Gasteiger partial charge < -0.3 is 20.1 Å². The second-order valence-corrected chi connectivity index (χ2v) is 8.72. The number of ether oxygens (including phenoxy) is 2. The molecule has 8 heteroatoms. The first kappa shape index (κ1) is 22.6. The molecule has 33 heavy (non-hydrogen) atoms. The van der Waals surface area contributed by atoms with Crippen molar-refractivity contribution in [1.29, 1.82) is 0 Å². The molecule has 0 spiro atoms. The summed E-state index contributed by atoms with van der Waals surface area (Å²) in [6.45, 7) is 7.82. The number of carbonyl (C=O) groups is 3. The average Bonchev–Trinajstić information content (AvgIpc) is 3.23. The van der Waals surface area contributed by atoms with Crippen LogP contribution in [0.25, 0.3) is 0 Å².